The van der Waals surface area contributed by atoms with Crippen molar-refractivity contribution in [3.63, 3.8) is 0 Å². The Bertz CT molecular complexity index is 595. The fraction of sp³-hybridized carbons (Fsp3) is 0.235. The second-order valence-corrected chi connectivity index (χ2v) is 4.92. The molecular weight excluding hydrogens is 250 g/mol. The smallest absolute Gasteiger partial charge is 0.227 e. The molecule has 0 saturated heterocycles. The average molecular weight is 267 g/mol. The summed E-state index contributed by atoms with van der Waals surface area (Å²) in [6.07, 6.45) is 0.501. The van der Waals surface area contributed by atoms with Crippen LogP contribution in [0.2, 0.25) is 0 Å². The lowest BCUT2D eigenvalue weighted by Crippen LogP contribution is -2.38. The van der Waals surface area contributed by atoms with E-state index in [4.69, 9.17) is 4.74 Å². The zero-order valence-electron chi connectivity index (χ0n) is 11.3. The van der Waals surface area contributed by atoms with Crippen molar-refractivity contribution in [3.05, 3.63) is 65.7 Å². The lowest BCUT2D eigenvalue weighted by Gasteiger charge is -2.28. The van der Waals surface area contributed by atoms with Crippen LogP contribution in [0.4, 0.5) is 0 Å². The van der Waals surface area contributed by atoms with Crippen molar-refractivity contribution in [2.24, 2.45) is 0 Å². The normalized spacial score (nSPS) is 14.0. The first-order chi connectivity index (χ1) is 9.83. The molecule has 1 aliphatic heterocycles. The molecule has 0 bridgehead atoms. The average Bonchev–Trinajstić information content (AvgIpc) is 2.49. The Labute approximate surface area is 118 Å². The molecule has 1 amide bonds. The van der Waals surface area contributed by atoms with Crippen LogP contribution in [0.5, 0.6) is 5.75 Å². The molecule has 102 valence electrons. The number of hydrogen-bond acceptors (Lipinski definition) is 2. The highest BCUT2D eigenvalue weighted by Crippen LogP contribution is 2.19. The lowest BCUT2D eigenvalue weighted by atomic mass is 9.99. The van der Waals surface area contributed by atoms with E-state index in [1.807, 2.05) is 53.4 Å². The summed E-state index contributed by atoms with van der Waals surface area (Å²) in [6, 6.07) is 17.8. The molecule has 20 heavy (non-hydrogen) atoms. The molecule has 3 rings (SSSR count). The van der Waals surface area contributed by atoms with Gasteiger partial charge in [-0.15, -0.1) is 0 Å². The van der Waals surface area contributed by atoms with Crippen molar-refractivity contribution in [1.29, 1.82) is 0 Å². The van der Waals surface area contributed by atoms with Crippen molar-refractivity contribution < 1.29 is 9.53 Å². The van der Waals surface area contributed by atoms with E-state index in [1.54, 1.807) is 0 Å². The second kappa shape index (κ2) is 5.78. The Morgan fingerprint density at radius 1 is 0.950 bits per heavy atom. The van der Waals surface area contributed by atoms with Crippen LogP contribution in [0.15, 0.2) is 54.6 Å². The van der Waals surface area contributed by atoms with Gasteiger partial charge in [0.05, 0.1) is 13.0 Å². The van der Waals surface area contributed by atoms with E-state index in [0.717, 1.165) is 11.3 Å². The molecule has 0 aromatic heterocycles. The first-order valence-electron chi connectivity index (χ1n) is 6.85. The maximum Gasteiger partial charge on any atom is 0.227 e. The molecule has 2 aromatic rings. The third-order valence-corrected chi connectivity index (χ3v) is 3.55. The molecular formula is C17H17NO2. The summed E-state index contributed by atoms with van der Waals surface area (Å²) in [5, 5.41) is 0. The van der Waals surface area contributed by atoms with Crippen molar-refractivity contribution in [1.82, 2.24) is 4.90 Å². The number of fused-ring (bicyclic) bond motifs is 1. The van der Waals surface area contributed by atoms with Gasteiger partial charge >= 0.3 is 0 Å². The number of nitrogens with zero attached hydrogens (tertiary/aromatic N) is 1. The highest BCUT2D eigenvalue weighted by atomic mass is 16.5. The Morgan fingerprint density at radius 3 is 2.45 bits per heavy atom. The number of carbonyl (C=O) groups is 1. The molecule has 0 spiro atoms. The molecule has 0 radical (unpaired) electrons. The standard InChI is InChI=1S/C17H17NO2/c19-17-12-14-6-4-5-7-15(14)13-18(17)10-11-20-16-8-2-1-3-9-16/h1-9H,10-13H2. The third-order valence-electron chi connectivity index (χ3n) is 3.55. The number of hydrogen-bond donors (Lipinski definition) is 0. The minimum absolute atomic E-state index is 0.181. The molecule has 0 unspecified atom stereocenters. The van der Waals surface area contributed by atoms with Crippen LogP contribution in [0.1, 0.15) is 11.1 Å². The molecule has 0 fully saturated rings. The predicted octanol–water partition coefficient (Wildman–Crippen LogP) is 2.65. The summed E-state index contributed by atoms with van der Waals surface area (Å²) in [4.78, 5) is 13.9. The summed E-state index contributed by atoms with van der Waals surface area (Å²) in [7, 11) is 0. The SMILES string of the molecule is O=C1Cc2ccccc2CN1CCOc1ccccc1. The van der Waals surface area contributed by atoms with Gasteiger partial charge in [-0.3, -0.25) is 4.79 Å². The zero-order chi connectivity index (χ0) is 13.8. The number of para-hydroxylation sites is 1. The van der Waals surface area contributed by atoms with E-state index in [2.05, 4.69) is 6.07 Å². The minimum Gasteiger partial charge on any atom is -0.492 e. The highest BCUT2D eigenvalue weighted by Gasteiger charge is 2.22. The minimum atomic E-state index is 0.181. The largest absolute Gasteiger partial charge is 0.492 e. The van der Waals surface area contributed by atoms with Crippen LogP contribution in [-0.4, -0.2) is 24.0 Å². The quantitative estimate of drug-likeness (QED) is 0.852. The molecule has 3 heteroatoms. The lowest BCUT2D eigenvalue weighted by molar-refractivity contribution is -0.132. The van der Waals surface area contributed by atoms with Gasteiger partial charge < -0.3 is 9.64 Å². The summed E-state index contributed by atoms with van der Waals surface area (Å²) >= 11 is 0. The van der Waals surface area contributed by atoms with Gasteiger partial charge in [-0.2, -0.15) is 0 Å². The van der Waals surface area contributed by atoms with Crippen LogP contribution in [0.25, 0.3) is 0 Å². The van der Waals surface area contributed by atoms with Crippen molar-refractivity contribution in [2.75, 3.05) is 13.2 Å². The molecule has 2 aromatic carbocycles. The Balaban J connectivity index is 1.57. The summed E-state index contributed by atoms with van der Waals surface area (Å²) in [5.41, 5.74) is 2.39. The van der Waals surface area contributed by atoms with Gasteiger partial charge in [-0.25, -0.2) is 0 Å². The van der Waals surface area contributed by atoms with Crippen molar-refractivity contribution >= 4 is 5.91 Å². The van der Waals surface area contributed by atoms with Crippen LogP contribution in [-0.2, 0) is 17.8 Å². The van der Waals surface area contributed by atoms with Gasteiger partial charge in [-0.05, 0) is 23.3 Å². The van der Waals surface area contributed by atoms with Gasteiger partial charge in [0, 0.05) is 6.54 Å². The van der Waals surface area contributed by atoms with Crippen molar-refractivity contribution in [3.8, 4) is 5.75 Å². The van der Waals surface area contributed by atoms with E-state index < -0.39 is 0 Å². The van der Waals surface area contributed by atoms with Crippen LogP contribution in [0.3, 0.4) is 0 Å². The first-order valence-corrected chi connectivity index (χ1v) is 6.85. The topological polar surface area (TPSA) is 29.5 Å². The number of carbonyl (C=O) groups excluding carboxylic acids is 1. The zero-order valence-corrected chi connectivity index (χ0v) is 11.3. The maximum absolute atomic E-state index is 12.1. The van der Waals surface area contributed by atoms with E-state index in [-0.39, 0.29) is 5.91 Å². The molecule has 0 atom stereocenters. The van der Waals surface area contributed by atoms with E-state index in [0.29, 0.717) is 26.1 Å². The third kappa shape index (κ3) is 2.82. The first kappa shape index (κ1) is 12.7. The van der Waals surface area contributed by atoms with E-state index in [1.165, 1.54) is 5.56 Å². The van der Waals surface area contributed by atoms with Gasteiger partial charge in [0.1, 0.15) is 12.4 Å². The Morgan fingerprint density at radius 2 is 1.65 bits per heavy atom. The van der Waals surface area contributed by atoms with Crippen molar-refractivity contribution in [2.45, 2.75) is 13.0 Å². The Hall–Kier alpha value is -2.29. The van der Waals surface area contributed by atoms with E-state index in [9.17, 15) is 4.79 Å². The number of benzene rings is 2. The molecule has 3 nitrogen and oxygen atoms in total. The molecule has 0 aliphatic carbocycles. The molecule has 0 N–H and O–H groups in total. The summed E-state index contributed by atoms with van der Waals surface area (Å²) in [6.45, 7) is 1.84. The highest BCUT2D eigenvalue weighted by molar-refractivity contribution is 5.80. The molecule has 1 aliphatic rings. The van der Waals surface area contributed by atoms with E-state index >= 15 is 0 Å². The summed E-state index contributed by atoms with van der Waals surface area (Å²) in [5.74, 6) is 1.03. The number of amides is 1. The fourth-order valence-corrected chi connectivity index (χ4v) is 2.45. The Kier molecular flexibility index (Phi) is 3.68. The van der Waals surface area contributed by atoms with Gasteiger partial charge in [0.15, 0.2) is 0 Å². The monoisotopic (exact) mass is 267 g/mol. The maximum atomic E-state index is 12.1. The number of ether oxygens (including phenoxy) is 1. The second-order valence-electron chi connectivity index (χ2n) is 4.92. The van der Waals surface area contributed by atoms with Crippen LogP contribution >= 0.6 is 0 Å². The van der Waals surface area contributed by atoms with Gasteiger partial charge in [0.2, 0.25) is 5.91 Å². The van der Waals surface area contributed by atoms with Gasteiger partial charge in [-0.1, -0.05) is 42.5 Å². The predicted molar refractivity (Wildman–Crippen MR) is 77.5 cm³/mol. The number of rotatable bonds is 4. The van der Waals surface area contributed by atoms with Crippen LogP contribution < -0.4 is 4.74 Å². The van der Waals surface area contributed by atoms with Gasteiger partial charge in [0.25, 0.3) is 0 Å². The molecule has 1 heterocycles. The van der Waals surface area contributed by atoms with Crippen LogP contribution in [0, 0.1) is 0 Å². The molecule has 0 saturated carbocycles. The summed E-state index contributed by atoms with van der Waals surface area (Å²) < 4.78 is 5.65. The fourth-order valence-electron chi connectivity index (χ4n) is 2.45.